The smallest absolute Gasteiger partial charge is 0.333 e. The fraction of sp³-hybridized carbons (Fsp3) is 0.310. The monoisotopic (exact) mass is 552 g/mol. The van der Waals surface area contributed by atoms with Gasteiger partial charge < -0.3 is 31.5 Å². The summed E-state index contributed by atoms with van der Waals surface area (Å²) in [5, 5.41) is 3.33. The van der Waals surface area contributed by atoms with Crippen LogP contribution in [0.4, 0.5) is 10.1 Å². The summed E-state index contributed by atoms with van der Waals surface area (Å²) >= 11 is 0. The Morgan fingerprint density at radius 3 is 2.28 bits per heavy atom. The number of esters is 1. The quantitative estimate of drug-likeness (QED) is 0.264. The Hall–Kier alpha value is -3.03. The molecule has 36 heavy (non-hydrogen) atoms. The van der Waals surface area contributed by atoms with E-state index in [2.05, 4.69) is 5.32 Å². The van der Waals surface area contributed by atoms with Crippen molar-refractivity contribution in [1.29, 1.82) is 0 Å². The number of ketones is 1. The summed E-state index contributed by atoms with van der Waals surface area (Å²) in [4.78, 5) is 26.4. The van der Waals surface area contributed by atoms with Crippen LogP contribution in [0, 0.1) is 11.7 Å². The molecule has 7 heteroatoms. The van der Waals surface area contributed by atoms with Crippen LogP contribution in [0.1, 0.15) is 34.8 Å². The number of anilines is 1. The van der Waals surface area contributed by atoms with Gasteiger partial charge in [0.15, 0.2) is 12.1 Å². The lowest BCUT2D eigenvalue weighted by atomic mass is 9.82. The van der Waals surface area contributed by atoms with E-state index in [4.69, 9.17) is 4.74 Å². The summed E-state index contributed by atoms with van der Waals surface area (Å²) < 4.78 is 20.4. The zero-order valence-electron chi connectivity index (χ0n) is 20.0. The van der Waals surface area contributed by atoms with Gasteiger partial charge in [0.05, 0.1) is 13.1 Å². The first-order valence-electron chi connectivity index (χ1n) is 12.2. The average molecular weight is 553 g/mol. The molecule has 0 spiro atoms. The number of quaternary nitrogens is 1. The minimum absolute atomic E-state index is 0. The summed E-state index contributed by atoms with van der Waals surface area (Å²) in [5.74, 6) is -0.481. The highest BCUT2D eigenvalue weighted by molar-refractivity contribution is 5.97. The molecule has 0 aromatic heterocycles. The average Bonchev–Trinajstić information content (AvgIpc) is 2.89. The highest BCUT2D eigenvalue weighted by atomic mass is 79.9. The molecule has 3 heterocycles. The van der Waals surface area contributed by atoms with Gasteiger partial charge in [0, 0.05) is 30.0 Å². The maximum absolute atomic E-state index is 13.6. The summed E-state index contributed by atoms with van der Waals surface area (Å²) in [7, 11) is 0. The van der Waals surface area contributed by atoms with Crippen LogP contribution in [-0.2, 0) is 9.53 Å². The Bertz CT molecular complexity index is 1180. The zero-order chi connectivity index (χ0) is 24.3. The highest BCUT2D eigenvalue weighted by Crippen LogP contribution is 2.36. The zero-order valence-corrected chi connectivity index (χ0v) is 21.6. The molecule has 0 radical (unpaired) electrons. The van der Waals surface area contributed by atoms with Crippen molar-refractivity contribution in [3.8, 4) is 0 Å². The highest BCUT2D eigenvalue weighted by Gasteiger charge is 2.49. The van der Waals surface area contributed by atoms with Gasteiger partial charge in [-0.2, -0.15) is 0 Å². The van der Waals surface area contributed by atoms with E-state index in [9.17, 15) is 14.0 Å². The second-order valence-corrected chi connectivity index (χ2v) is 9.73. The first kappa shape index (κ1) is 26.0. The standard InChI is InChI=1S/C29H30FN2O3.BrH/c30-24-11-7-10-23(18-24)26(33)19-32-16-14-21(15-17-32)27(20-32)35-29(34)28(22-8-3-1-4-9-22)31-25-12-5-2-6-13-25;/h1-13,18,21,27-28,31H,14-17,19-20H2;1H/q+1;/p-1/t21?,27-,28+,32?;/m0./s1. The summed E-state index contributed by atoms with van der Waals surface area (Å²) in [6.45, 7) is 2.67. The Balaban J connectivity index is 0.00000304. The van der Waals surface area contributed by atoms with Gasteiger partial charge in [0.25, 0.3) is 0 Å². The van der Waals surface area contributed by atoms with Crippen molar-refractivity contribution in [2.24, 2.45) is 5.92 Å². The molecule has 0 amide bonds. The van der Waals surface area contributed by atoms with Gasteiger partial charge in [0.2, 0.25) is 5.78 Å². The van der Waals surface area contributed by atoms with Crippen molar-refractivity contribution in [1.82, 2.24) is 0 Å². The van der Waals surface area contributed by atoms with E-state index in [1.54, 1.807) is 12.1 Å². The van der Waals surface area contributed by atoms with Crippen LogP contribution >= 0.6 is 0 Å². The number of hydrogen-bond acceptors (Lipinski definition) is 4. The maximum Gasteiger partial charge on any atom is 0.333 e. The van der Waals surface area contributed by atoms with Crippen LogP contribution < -0.4 is 22.3 Å². The fourth-order valence-corrected chi connectivity index (χ4v) is 5.48. The third-order valence-corrected chi connectivity index (χ3v) is 7.39. The minimum Gasteiger partial charge on any atom is -1.00 e. The van der Waals surface area contributed by atoms with Gasteiger partial charge in [-0.1, -0.05) is 60.7 Å². The van der Waals surface area contributed by atoms with Crippen molar-refractivity contribution in [3.63, 3.8) is 0 Å². The molecule has 3 aliphatic rings. The van der Waals surface area contributed by atoms with Crippen molar-refractivity contribution < 1.29 is 40.2 Å². The van der Waals surface area contributed by atoms with E-state index in [1.165, 1.54) is 12.1 Å². The van der Waals surface area contributed by atoms with Crippen LogP contribution in [0.5, 0.6) is 0 Å². The molecular formula is C29H30BrFN2O3. The number of carbonyl (C=O) groups is 2. The number of rotatable bonds is 8. The molecule has 3 aliphatic heterocycles. The number of fused-ring (bicyclic) bond motifs is 3. The molecule has 3 fully saturated rings. The first-order chi connectivity index (χ1) is 17.0. The van der Waals surface area contributed by atoms with Gasteiger partial charge in [-0.3, -0.25) is 4.79 Å². The van der Waals surface area contributed by atoms with Gasteiger partial charge in [0.1, 0.15) is 18.9 Å². The maximum atomic E-state index is 13.6. The molecule has 0 saturated carbocycles. The Morgan fingerprint density at radius 2 is 1.61 bits per heavy atom. The van der Waals surface area contributed by atoms with Crippen LogP contribution in [0.2, 0.25) is 0 Å². The summed E-state index contributed by atoms with van der Waals surface area (Å²) in [6, 6.07) is 24.5. The molecule has 6 rings (SSSR count). The molecule has 5 nitrogen and oxygen atoms in total. The molecule has 3 aromatic rings. The topological polar surface area (TPSA) is 55.4 Å². The predicted molar refractivity (Wildman–Crippen MR) is 132 cm³/mol. The van der Waals surface area contributed by atoms with Gasteiger partial charge in [-0.05, 0) is 29.8 Å². The molecule has 0 unspecified atom stereocenters. The number of nitrogens with zero attached hydrogens (tertiary/aromatic N) is 1. The van der Waals surface area contributed by atoms with Crippen molar-refractivity contribution in [2.45, 2.75) is 25.0 Å². The number of hydrogen-bond donors (Lipinski definition) is 1. The SMILES string of the molecule is O=C(C[N+]12CCC(CC1)[C@@H](OC(=O)[C@H](Nc1ccccc1)c1ccccc1)C2)c1cccc(F)c1.[Br-]. The van der Waals surface area contributed by atoms with E-state index >= 15 is 0 Å². The molecule has 1 N–H and O–H groups in total. The Morgan fingerprint density at radius 1 is 0.944 bits per heavy atom. The third-order valence-electron chi connectivity index (χ3n) is 7.39. The number of halogens is 2. The lowest BCUT2D eigenvalue weighted by Crippen LogP contribution is -3.00. The molecular weight excluding hydrogens is 523 g/mol. The summed E-state index contributed by atoms with van der Waals surface area (Å²) in [5.41, 5.74) is 2.08. The van der Waals surface area contributed by atoms with Crippen molar-refractivity contribution >= 4 is 17.4 Å². The number of nitrogens with one attached hydrogen (secondary N) is 1. The Labute approximate surface area is 221 Å². The third kappa shape index (κ3) is 5.85. The Kier molecular flexibility index (Phi) is 8.21. The first-order valence-corrected chi connectivity index (χ1v) is 12.2. The molecule has 2 bridgehead atoms. The molecule has 3 saturated heterocycles. The van der Waals surface area contributed by atoms with E-state index in [0.717, 1.165) is 37.2 Å². The number of ether oxygens (including phenoxy) is 1. The van der Waals surface area contributed by atoms with Crippen molar-refractivity contribution in [2.75, 3.05) is 31.5 Å². The van der Waals surface area contributed by atoms with Crippen LogP contribution in [0.25, 0.3) is 0 Å². The van der Waals surface area contributed by atoms with E-state index in [-0.39, 0.29) is 34.8 Å². The van der Waals surface area contributed by atoms with Gasteiger partial charge >= 0.3 is 5.97 Å². The number of benzene rings is 3. The largest absolute Gasteiger partial charge is 1.00 e. The molecule has 0 aliphatic carbocycles. The van der Waals surface area contributed by atoms with Crippen LogP contribution in [0.3, 0.4) is 0 Å². The second kappa shape index (κ2) is 11.4. The van der Waals surface area contributed by atoms with Gasteiger partial charge in [-0.25, -0.2) is 9.18 Å². The van der Waals surface area contributed by atoms with Crippen LogP contribution in [0.15, 0.2) is 84.9 Å². The van der Waals surface area contributed by atoms with E-state index < -0.39 is 11.9 Å². The lowest BCUT2D eigenvalue weighted by molar-refractivity contribution is -0.938. The lowest BCUT2D eigenvalue weighted by Gasteiger charge is -2.51. The second-order valence-electron chi connectivity index (χ2n) is 9.73. The molecule has 188 valence electrons. The number of para-hydroxylation sites is 1. The number of Topliss-reactive ketones (excluding diaryl/α,β-unsaturated/α-hetero) is 1. The van der Waals surface area contributed by atoms with Crippen molar-refractivity contribution in [3.05, 3.63) is 102 Å². The van der Waals surface area contributed by atoms with Gasteiger partial charge in [-0.15, -0.1) is 0 Å². The number of piperidine rings is 3. The van der Waals surface area contributed by atoms with Crippen LogP contribution in [-0.4, -0.2) is 48.5 Å². The fourth-order valence-electron chi connectivity index (χ4n) is 5.48. The van der Waals surface area contributed by atoms with E-state index in [1.807, 2.05) is 60.7 Å². The summed E-state index contributed by atoms with van der Waals surface area (Å²) in [6.07, 6.45) is 1.58. The minimum atomic E-state index is -0.628. The van der Waals surface area contributed by atoms with E-state index in [0.29, 0.717) is 29.1 Å². The molecule has 2 atom stereocenters. The predicted octanol–water partition coefficient (Wildman–Crippen LogP) is 2.02. The molecule has 3 aromatic carbocycles. The normalized spacial score (nSPS) is 23.2. The number of carbonyl (C=O) groups excluding carboxylic acids is 2.